The molecule has 138 valence electrons. The van der Waals surface area contributed by atoms with E-state index in [0.717, 1.165) is 44.1 Å². The molecule has 0 amide bonds. The van der Waals surface area contributed by atoms with Gasteiger partial charge in [-0.2, -0.15) is 0 Å². The topological polar surface area (TPSA) is 74.6 Å². The molecule has 6 atom stereocenters. The van der Waals surface area contributed by atoms with Gasteiger partial charge in [-0.05, 0) is 68.3 Å². The zero-order chi connectivity index (χ0) is 18.0. The molecule has 0 unspecified atom stereocenters. The quantitative estimate of drug-likeness (QED) is 0.806. The molecule has 0 heterocycles. The van der Waals surface area contributed by atoms with Gasteiger partial charge in [0.2, 0.25) is 0 Å². The Labute approximate surface area is 149 Å². The fourth-order valence-corrected chi connectivity index (χ4v) is 7.14. The Morgan fingerprint density at radius 1 is 1.12 bits per heavy atom. The maximum Gasteiger partial charge on any atom is 0.161 e. The van der Waals surface area contributed by atoms with E-state index in [2.05, 4.69) is 13.8 Å². The average Bonchev–Trinajstić information content (AvgIpc) is 2.93. The van der Waals surface area contributed by atoms with E-state index in [1.54, 1.807) is 6.08 Å². The van der Waals surface area contributed by atoms with Crippen LogP contribution in [0.25, 0.3) is 0 Å². The molecule has 0 saturated heterocycles. The number of Topliss-reactive ketones (excluding diaryl/α,β-unsaturated/α-hetero) is 1. The minimum Gasteiger partial charge on any atom is -0.389 e. The Bertz CT molecular complexity index is 652. The summed E-state index contributed by atoms with van der Waals surface area (Å²) in [6.07, 6.45) is 8.21. The lowest BCUT2D eigenvalue weighted by molar-refractivity contribution is -0.192. The van der Waals surface area contributed by atoms with Crippen LogP contribution in [0.5, 0.6) is 0 Å². The molecule has 0 aromatic heterocycles. The molecule has 0 bridgehead atoms. The number of aliphatic hydroxyl groups is 2. The Morgan fingerprint density at radius 3 is 2.60 bits per heavy atom. The molecule has 4 heteroatoms. The lowest BCUT2D eigenvalue weighted by Crippen LogP contribution is -2.63. The van der Waals surface area contributed by atoms with Crippen LogP contribution in [0.3, 0.4) is 0 Å². The summed E-state index contributed by atoms with van der Waals surface area (Å²) in [6.45, 7) is 4.00. The molecule has 4 aliphatic carbocycles. The number of aliphatic hydroxyl groups excluding tert-OH is 1. The molecule has 3 fully saturated rings. The fourth-order valence-electron chi connectivity index (χ4n) is 7.14. The number of carbonyl (C=O) groups is 2. The van der Waals surface area contributed by atoms with E-state index in [-0.39, 0.29) is 40.8 Å². The van der Waals surface area contributed by atoms with E-state index in [9.17, 15) is 19.8 Å². The molecule has 2 N–H and O–H groups in total. The van der Waals surface area contributed by atoms with E-state index >= 15 is 0 Å². The Hall–Kier alpha value is -1.00. The largest absolute Gasteiger partial charge is 0.389 e. The van der Waals surface area contributed by atoms with Crippen LogP contribution in [0.15, 0.2) is 11.6 Å². The monoisotopic (exact) mass is 346 g/mol. The number of carbonyl (C=O) groups excluding carboxylic acids is 2. The Kier molecular flexibility index (Phi) is 3.83. The van der Waals surface area contributed by atoms with Crippen LogP contribution in [0.4, 0.5) is 0 Å². The van der Waals surface area contributed by atoms with Crippen molar-refractivity contribution in [3.05, 3.63) is 11.6 Å². The lowest BCUT2D eigenvalue weighted by atomic mass is 9.44. The Balaban J connectivity index is 1.71. The highest BCUT2D eigenvalue weighted by Gasteiger charge is 2.66. The highest BCUT2D eigenvalue weighted by molar-refractivity contribution is 5.91. The summed E-state index contributed by atoms with van der Waals surface area (Å²) in [6, 6.07) is 0. The van der Waals surface area contributed by atoms with Crippen molar-refractivity contribution >= 4 is 11.6 Å². The molecule has 4 aliphatic rings. The third-order valence-corrected chi connectivity index (χ3v) is 8.69. The summed E-state index contributed by atoms with van der Waals surface area (Å²) in [5.74, 6) is 0.636. The third-order valence-electron chi connectivity index (χ3n) is 8.69. The van der Waals surface area contributed by atoms with E-state index in [4.69, 9.17) is 0 Å². The molecule has 25 heavy (non-hydrogen) atoms. The summed E-state index contributed by atoms with van der Waals surface area (Å²) in [7, 11) is 0. The number of rotatable bonds is 2. The van der Waals surface area contributed by atoms with E-state index < -0.39 is 5.60 Å². The first-order valence-electron chi connectivity index (χ1n) is 9.86. The van der Waals surface area contributed by atoms with Crippen molar-refractivity contribution in [2.75, 3.05) is 6.61 Å². The van der Waals surface area contributed by atoms with Gasteiger partial charge in [-0.25, -0.2) is 0 Å². The molecule has 0 spiro atoms. The first kappa shape index (κ1) is 17.4. The molecule has 0 aromatic carbocycles. The fraction of sp³-hybridized carbons (Fsp3) is 0.810. The van der Waals surface area contributed by atoms with Crippen LogP contribution < -0.4 is 0 Å². The highest BCUT2D eigenvalue weighted by Crippen LogP contribution is 2.68. The second-order valence-corrected chi connectivity index (χ2v) is 9.40. The molecule has 0 aliphatic heterocycles. The van der Waals surface area contributed by atoms with Gasteiger partial charge < -0.3 is 10.2 Å². The SMILES string of the molecule is C[C@]12CC[C@@]3(O)[C@@H](CCC4=CC(=O)CC[C@@]43C)[C@@H]1CC[C@@H]2C(=O)CO. The van der Waals surface area contributed by atoms with Crippen molar-refractivity contribution in [1.82, 2.24) is 0 Å². The van der Waals surface area contributed by atoms with Gasteiger partial charge in [0, 0.05) is 17.8 Å². The van der Waals surface area contributed by atoms with Gasteiger partial charge in [-0.3, -0.25) is 9.59 Å². The number of hydrogen-bond donors (Lipinski definition) is 2. The van der Waals surface area contributed by atoms with Gasteiger partial charge in [-0.15, -0.1) is 0 Å². The van der Waals surface area contributed by atoms with Crippen molar-refractivity contribution in [1.29, 1.82) is 0 Å². The van der Waals surface area contributed by atoms with Crippen LogP contribution in [-0.2, 0) is 9.59 Å². The summed E-state index contributed by atoms with van der Waals surface area (Å²) >= 11 is 0. The van der Waals surface area contributed by atoms with Crippen LogP contribution in [0.2, 0.25) is 0 Å². The summed E-state index contributed by atoms with van der Waals surface area (Å²) in [5.41, 5.74) is -0.0191. The average molecular weight is 346 g/mol. The van der Waals surface area contributed by atoms with Crippen molar-refractivity contribution < 1.29 is 19.8 Å². The zero-order valence-electron chi connectivity index (χ0n) is 15.4. The Morgan fingerprint density at radius 2 is 1.88 bits per heavy atom. The lowest BCUT2D eigenvalue weighted by Gasteiger charge is -2.62. The normalized spacial score (nSPS) is 49.0. The van der Waals surface area contributed by atoms with Crippen LogP contribution in [0.1, 0.15) is 65.2 Å². The van der Waals surface area contributed by atoms with Crippen molar-refractivity contribution in [3.8, 4) is 0 Å². The number of fused-ring (bicyclic) bond motifs is 5. The highest BCUT2D eigenvalue weighted by atomic mass is 16.3. The number of ketones is 2. The summed E-state index contributed by atoms with van der Waals surface area (Å²) < 4.78 is 0. The minimum atomic E-state index is -0.765. The second-order valence-electron chi connectivity index (χ2n) is 9.40. The molecular formula is C21H30O4. The summed E-state index contributed by atoms with van der Waals surface area (Å²) in [5, 5.41) is 21.3. The molecule has 4 nitrogen and oxygen atoms in total. The van der Waals surface area contributed by atoms with E-state index in [1.165, 1.54) is 0 Å². The van der Waals surface area contributed by atoms with Crippen molar-refractivity contribution in [2.45, 2.75) is 70.8 Å². The molecule has 4 rings (SSSR count). The second kappa shape index (κ2) is 5.50. The maximum atomic E-state index is 12.3. The van der Waals surface area contributed by atoms with Gasteiger partial charge in [-0.1, -0.05) is 19.4 Å². The molecule has 0 radical (unpaired) electrons. The zero-order valence-corrected chi connectivity index (χ0v) is 15.4. The van der Waals surface area contributed by atoms with Gasteiger partial charge in [0.15, 0.2) is 11.6 Å². The van der Waals surface area contributed by atoms with Gasteiger partial charge in [0.05, 0.1) is 5.60 Å². The van der Waals surface area contributed by atoms with Gasteiger partial charge in [0.1, 0.15) is 6.61 Å². The van der Waals surface area contributed by atoms with Crippen molar-refractivity contribution in [3.63, 3.8) is 0 Å². The van der Waals surface area contributed by atoms with E-state index in [0.29, 0.717) is 18.8 Å². The van der Waals surface area contributed by atoms with Crippen LogP contribution >= 0.6 is 0 Å². The smallest absolute Gasteiger partial charge is 0.161 e. The predicted molar refractivity (Wildman–Crippen MR) is 93.8 cm³/mol. The van der Waals surface area contributed by atoms with Crippen molar-refractivity contribution in [2.24, 2.45) is 28.6 Å². The molecule has 0 aromatic rings. The predicted octanol–water partition coefficient (Wildman–Crippen LogP) is 2.81. The number of hydrogen-bond acceptors (Lipinski definition) is 4. The van der Waals surface area contributed by atoms with Crippen LogP contribution in [0, 0.1) is 28.6 Å². The maximum absolute atomic E-state index is 12.3. The van der Waals surface area contributed by atoms with Crippen LogP contribution in [-0.4, -0.2) is 34.0 Å². The van der Waals surface area contributed by atoms with E-state index in [1.807, 2.05) is 0 Å². The standard InChI is InChI=1S/C21H30O4/c1-19-9-10-21(25)16(15(19)5-6-17(19)18(24)12-22)4-3-13-11-14(23)7-8-20(13,21)2/h11,15-17,22,25H,3-10,12H2,1-2H3/t15-,16-,17+,19-,20-,21+/m0/s1. The van der Waals surface area contributed by atoms with Gasteiger partial charge >= 0.3 is 0 Å². The minimum absolute atomic E-state index is 0.0266. The molecule has 3 saturated carbocycles. The van der Waals surface area contributed by atoms with Gasteiger partial charge in [0.25, 0.3) is 0 Å². The summed E-state index contributed by atoms with van der Waals surface area (Å²) in [4.78, 5) is 24.2. The first-order chi connectivity index (χ1) is 11.8. The third kappa shape index (κ3) is 2.13. The first-order valence-corrected chi connectivity index (χ1v) is 9.86. The molecular weight excluding hydrogens is 316 g/mol.